The van der Waals surface area contributed by atoms with Crippen LogP contribution in [0.2, 0.25) is 0 Å². The number of anilines is 2. The van der Waals surface area contributed by atoms with E-state index in [1.807, 2.05) is 25.1 Å². The molecular formula is C16H16N8OS. The molecule has 9 nitrogen and oxygen atoms in total. The average Bonchev–Trinajstić information content (AvgIpc) is 3.04. The number of methoxy groups -OCH3 is 1. The minimum absolute atomic E-state index is 0.0134. The molecule has 26 heavy (non-hydrogen) atoms. The van der Waals surface area contributed by atoms with Crippen LogP contribution < -0.4 is 16.2 Å². The fourth-order valence-electron chi connectivity index (χ4n) is 2.38. The fraction of sp³-hybridized carbons (Fsp3) is 0.188. The highest BCUT2D eigenvalue weighted by Crippen LogP contribution is 2.32. The van der Waals surface area contributed by atoms with Crippen molar-refractivity contribution in [2.75, 3.05) is 18.6 Å². The van der Waals surface area contributed by atoms with E-state index in [2.05, 4.69) is 25.1 Å². The van der Waals surface area contributed by atoms with Gasteiger partial charge in [0.1, 0.15) is 29.0 Å². The Bertz CT molecular complexity index is 994. The van der Waals surface area contributed by atoms with Gasteiger partial charge in [0.25, 0.3) is 0 Å². The van der Waals surface area contributed by atoms with Crippen molar-refractivity contribution >= 4 is 23.5 Å². The number of aryl methyl sites for hydroxylation is 1. The number of hydrogen-bond acceptors (Lipinski definition) is 9. The van der Waals surface area contributed by atoms with Crippen LogP contribution in [0.3, 0.4) is 0 Å². The van der Waals surface area contributed by atoms with Gasteiger partial charge in [0, 0.05) is 16.9 Å². The second-order valence-corrected chi connectivity index (χ2v) is 6.26. The number of thioether (sulfide) groups is 1. The lowest BCUT2D eigenvalue weighted by molar-refractivity contribution is 0.411. The Morgan fingerprint density at radius 2 is 2.08 bits per heavy atom. The number of nitrogen functional groups attached to an aromatic ring is 2. The lowest BCUT2D eigenvalue weighted by Crippen LogP contribution is -2.05. The van der Waals surface area contributed by atoms with E-state index in [4.69, 9.17) is 16.2 Å². The summed E-state index contributed by atoms with van der Waals surface area (Å²) in [6, 6.07) is 7.52. The van der Waals surface area contributed by atoms with E-state index in [1.165, 1.54) is 11.8 Å². The molecule has 10 heteroatoms. The lowest BCUT2D eigenvalue weighted by atomic mass is 10.0. The normalized spacial score (nSPS) is 10.5. The minimum atomic E-state index is 0.0134. The third-order valence-corrected chi connectivity index (χ3v) is 4.45. The number of ether oxygens (including phenoxy) is 1. The second-order valence-electron chi connectivity index (χ2n) is 5.32. The molecule has 0 fully saturated rings. The van der Waals surface area contributed by atoms with Crippen LogP contribution in [0.1, 0.15) is 17.0 Å². The van der Waals surface area contributed by atoms with Crippen molar-refractivity contribution in [2.45, 2.75) is 17.8 Å². The van der Waals surface area contributed by atoms with Crippen molar-refractivity contribution < 1.29 is 4.74 Å². The first-order valence-corrected chi connectivity index (χ1v) is 8.52. The van der Waals surface area contributed by atoms with E-state index in [0.29, 0.717) is 27.9 Å². The van der Waals surface area contributed by atoms with Crippen LogP contribution in [0.25, 0.3) is 11.3 Å². The molecule has 3 rings (SSSR count). The smallest absolute Gasteiger partial charge is 0.222 e. The van der Waals surface area contributed by atoms with E-state index in [-0.39, 0.29) is 17.3 Å². The number of H-pyrrole nitrogens is 1. The van der Waals surface area contributed by atoms with Crippen molar-refractivity contribution in [3.8, 4) is 23.1 Å². The first-order valence-electron chi connectivity index (χ1n) is 7.54. The summed E-state index contributed by atoms with van der Waals surface area (Å²) in [6.07, 6.45) is 0. The highest BCUT2D eigenvalue weighted by molar-refractivity contribution is 7.98. The first kappa shape index (κ1) is 17.5. The molecule has 0 spiro atoms. The summed E-state index contributed by atoms with van der Waals surface area (Å²) in [5, 5.41) is 16.9. The molecule has 2 aromatic heterocycles. The zero-order chi connectivity index (χ0) is 18.7. The summed E-state index contributed by atoms with van der Waals surface area (Å²) < 4.78 is 5.42. The van der Waals surface area contributed by atoms with E-state index < -0.39 is 0 Å². The van der Waals surface area contributed by atoms with Gasteiger partial charge >= 0.3 is 0 Å². The molecule has 132 valence electrons. The van der Waals surface area contributed by atoms with Crippen LogP contribution in [0.5, 0.6) is 5.75 Å². The molecule has 2 heterocycles. The Kier molecular flexibility index (Phi) is 4.90. The summed E-state index contributed by atoms with van der Waals surface area (Å²) in [6.45, 7) is 1.84. The van der Waals surface area contributed by atoms with Crippen LogP contribution in [-0.2, 0) is 5.75 Å². The molecule has 0 atom stereocenters. The van der Waals surface area contributed by atoms with Crippen LogP contribution in [-0.4, -0.2) is 32.3 Å². The summed E-state index contributed by atoms with van der Waals surface area (Å²) in [5.41, 5.74) is 13.7. The maximum Gasteiger partial charge on any atom is 0.222 e. The number of aromatic amines is 1. The van der Waals surface area contributed by atoms with Crippen LogP contribution in [0, 0.1) is 18.3 Å². The van der Waals surface area contributed by atoms with Crippen LogP contribution >= 0.6 is 11.8 Å². The van der Waals surface area contributed by atoms with Crippen molar-refractivity contribution in [3.05, 3.63) is 35.2 Å². The average molecular weight is 368 g/mol. The molecule has 0 saturated heterocycles. The van der Waals surface area contributed by atoms with E-state index in [1.54, 1.807) is 13.2 Å². The number of nitrogens with one attached hydrogen (secondary N) is 1. The molecule has 0 bridgehead atoms. The SMILES string of the molecule is COc1ccc(-c2nc(N)nc(N)c2C#N)cc1CSc1n[nH]c(C)n1. The lowest BCUT2D eigenvalue weighted by Gasteiger charge is -2.11. The molecule has 0 aliphatic heterocycles. The zero-order valence-corrected chi connectivity index (χ0v) is 15.0. The number of hydrogen-bond donors (Lipinski definition) is 3. The molecule has 3 aromatic rings. The number of rotatable bonds is 5. The van der Waals surface area contributed by atoms with Gasteiger partial charge < -0.3 is 16.2 Å². The van der Waals surface area contributed by atoms with E-state index in [0.717, 1.165) is 11.4 Å². The van der Waals surface area contributed by atoms with Crippen molar-refractivity contribution in [3.63, 3.8) is 0 Å². The molecular weight excluding hydrogens is 352 g/mol. The third-order valence-electron chi connectivity index (χ3n) is 3.55. The van der Waals surface area contributed by atoms with Gasteiger partial charge in [0.2, 0.25) is 11.1 Å². The van der Waals surface area contributed by atoms with Crippen molar-refractivity contribution in [2.24, 2.45) is 0 Å². The van der Waals surface area contributed by atoms with Crippen molar-refractivity contribution in [1.29, 1.82) is 5.26 Å². The monoisotopic (exact) mass is 368 g/mol. The van der Waals surface area contributed by atoms with Gasteiger partial charge in [0.05, 0.1) is 12.8 Å². The van der Waals surface area contributed by atoms with Crippen LogP contribution in [0.15, 0.2) is 23.4 Å². The maximum absolute atomic E-state index is 9.38. The Balaban J connectivity index is 1.99. The first-order chi connectivity index (χ1) is 12.5. The quantitative estimate of drug-likeness (QED) is 0.573. The largest absolute Gasteiger partial charge is 0.496 e. The summed E-state index contributed by atoms with van der Waals surface area (Å²) >= 11 is 1.46. The summed E-state index contributed by atoms with van der Waals surface area (Å²) in [4.78, 5) is 12.3. The Labute approximate surface area is 153 Å². The standard InChI is InChI=1S/C16H16N8OS/c1-8-20-16(24-23-8)26-7-10-5-9(3-4-12(10)25-2)13-11(6-17)14(18)22-15(19)21-13/h3-5H,7H2,1-2H3,(H,20,23,24)(H4,18,19,21,22). The van der Waals surface area contributed by atoms with E-state index >= 15 is 0 Å². The molecule has 0 aliphatic carbocycles. The Hall–Kier alpha value is -3.32. The van der Waals surface area contributed by atoms with Gasteiger partial charge in [-0.25, -0.2) is 9.97 Å². The predicted molar refractivity (Wildman–Crippen MR) is 98.2 cm³/mol. The third kappa shape index (κ3) is 3.52. The highest BCUT2D eigenvalue weighted by atomic mass is 32.2. The molecule has 5 N–H and O–H groups in total. The maximum atomic E-state index is 9.38. The predicted octanol–water partition coefficient (Wildman–Crippen LogP) is 1.91. The van der Waals surface area contributed by atoms with Gasteiger partial charge in [-0.15, -0.1) is 5.10 Å². The number of nitrogens with two attached hydrogens (primary N) is 2. The summed E-state index contributed by atoms with van der Waals surface area (Å²) in [7, 11) is 1.60. The Morgan fingerprint density at radius 3 is 2.73 bits per heavy atom. The fourth-order valence-corrected chi connectivity index (χ4v) is 3.20. The van der Waals surface area contributed by atoms with E-state index in [9.17, 15) is 5.26 Å². The molecule has 1 aromatic carbocycles. The topological polar surface area (TPSA) is 152 Å². The van der Waals surface area contributed by atoms with Gasteiger partial charge in [-0.05, 0) is 25.1 Å². The molecule has 0 aliphatic rings. The minimum Gasteiger partial charge on any atom is -0.496 e. The molecule has 0 amide bonds. The second kappa shape index (κ2) is 7.28. The zero-order valence-electron chi connectivity index (χ0n) is 14.1. The number of benzene rings is 1. The molecule has 0 unspecified atom stereocenters. The Morgan fingerprint density at radius 1 is 1.27 bits per heavy atom. The van der Waals surface area contributed by atoms with Crippen LogP contribution in [0.4, 0.5) is 11.8 Å². The van der Waals surface area contributed by atoms with Crippen molar-refractivity contribution in [1.82, 2.24) is 25.1 Å². The van der Waals surface area contributed by atoms with Gasteiger partial charge in [-0.1, -0.05) is 11.8 Å². The molecule has 0 saturated carbocycles. The van der Waals surface area contributed by atoms with Gasteiger partial charge in [-0.3, -0.25) is 5.10 Å². The highest BCUT2D eigenvalue weighted by Gasteiger charge is 2.15. The number of aromatic nitrogens is 5. The number of nitrogens with zero attached hydrogens (tertiary/aromatic N) is 5. The molecule has 0 radical (unpaired) electrons. The van der Waals surface area contributed by atoms with Gasteiger partial charge in [0.15, 0.2) is 0 Å². The summed E-state index contributed by atoms with van der Waals surface area (Å²) in [5.74, 6) is 2.10. The number of nitriles is 1. The van der Waals surface area contributed by atoms with Gasteiger partial charge in [-0.2, -0.15) is 10.2 Å².